The molecule has 0 aliphatic heterocycles. The quantitative estimate of drug-likeness (QED) is 0.312. The van der Waals surface area contributed by atoms with E-state index in [4.69, 9.17) is 23.2 Å². The molecule has 6 nitrogen and oxygen atoms in total. The minimum atomic E-state index is -0.958. The topological polar surface area (TPSA) is 76.0 Å². The first kappa shape index (κ1) is 23.6. The zero-order chi connectivity index (χ0) is 24.6. The van der Waals surface area contributed by atoms with E-state index in [1.165, 1.54) is 16.8 Å². The first-order valence-corrected chi connectivity index (χ1v) is 10.6. The number of aryl methyl sites for hydroxylation is 1. The van der Waals surface area contributed by atoms with Crippen LogP contribution in [0.4, 0.5) is 29.3 Å². The third kappa shape index (κ3) is 4.71. The second-order valence-electron chi connectivity index (χ2n) is 7.22. The number of hydrogen-bond donors (Lipinski definition) is 2. The number of urea groups is 1. The summed E-state index contributed by atoms with van der Waals surface area (Å²) in [6, 6.07) is 6.74. The van der Waals surface area contributed by atoms with Gasteiger partial charge in [-0.05, 0) is 43.3 Å². The van der Waals surface area contributed by atoms with Crippen LogP contribution in [0.3, 0.4) is 0 Å². The van der Waals surface area contributed by atoms with Crippen LogP contribution >= 0.6 is 23.2 Å². The molecule has 2 aromatic heterocycles. The number of benzene rings is 2. The van der Waals surface area contributed by atoms with Crippen LogP contribution < -0.4 is 16.2 Å². The number of hydrogen-bond acceptors (Lipinski definition) is 3. The number of amides is 2. The van der Waals surface area contributed by atoms with Crippen LogP contribution in [-0.2, 0) is 6.54 Å². The standard InChI is InChI=1S/C23H15Cl2F3N4O2/c1-2-32-20-9-21(25)29-10-11(20)3-16(22(32)33)15-7-19(18(28)8-17(15)24)31-23(34)30-14-5-12(26)4-13(27)6-14/h3-10H,2H2,1H3,(H2,30,31,34). The van der Waals surface area contributed by atoms with Crippen molar-refractivity contribution in [3.63, 3.8) is 0 Å². The van der Waals surface area contributed by atoms with Gasteiger partial charge >= 0.3 is 6.03 Å². The van der Waals surface area contributed by atoms with E-state index in [0.29, 0.717) is 23.5 Å². The highest BCUT2D eigenvalue weighted by molar-refractivity contribution is 6.33. The Labute approximate surface area is 200 Å². The van der Waals surface area contributed by atoms with Crippen molar-refractivity contribution in [3.05, 3.63) is 86.6 Å². The van der Waals surface area contributed by atoms with Gasteiger partial charge in [0, 0.05) is 41.0 Å². The number of halogens is 5. The van der Waals surface area contributed by atoms with E-state index >= 15 is 0 Å². The van der Waals surface area contributed by atoms with Crippen LogP contribution in [0.15, 0.2) is 53.5 Å². The average molecular weight is 507 g/mol. The van der Waals surface area contributed by atoms with Crippen LogP contribution in [0, 0.1) is 17.5 Å². The summed E-state index contributed by atoms with van der Waals surface area (Å²) in [7, 11) is 0. The molecule has 4 aromatic rings. The SMILES string of the molecule is CCn1c(=O)c(-c2cc(NC(=O)Nc3cc(F)cc(F)c3)c(F)cc2Cl)cc2cnc(Cl)cc21. The van der Waals surface area contributed by atoms with Crippen molar-refractivity contribution in [1.82, 2.24) is 9.55 Å². The zero-order valence-corrected chi connectivity index (χ0v) is 18.9. The first-order chi connectivity index (χ1) is 16.2. The van der Waals surface area contributed by atoms with Gasteiger partial charge in [-0.15, -0.1) is 0 Å². The molecule has 0 saturated heterocycles. The fourth-order valence-electron chi connectivity index (χ4n) is 3.52. The Bertz CT molecular complexity index is 1490. The summed E-state index contributed by atoms with van der Waals surface area (Å²) in [5.74, 6) is -2.66. The molecule has 0 aliphatic carbocycles. The number of nitrogens with one attached hydrogen (secondary N) is 2. The predicted octanol–water partition coefficient (Wildman–Crippen LogP) is 6.45. The molecule has 174 valence electrons. The van der Waals surface area contributed by atoms with Crippen LogP contribution in [0.25, 0.3) is 22.0 Å². The highest BCUT2D eigenvalue weighted by Gasteiger charge is 2.18. The fourth-order valence-corrected chi connectivity index (χ4v) is 3.92. The number of fused-ring (bicyclic) bond motifs is 1. The minimum absolute atomic E-state index is 0.0586. The molecule has 0 bridgehead atoms. The van der Waals surface area contributed by atoms with Gasteiger partial charge < -0.3 is 15.2 Å². The lowest BCUT2D eigenvalue weighted by Crippen LogP contribution is -2.22. The number of carbonyl (C=O) groups excluding carboxylic acids is 1. The largest absolute Gasteiger partial charge is 0.323 e. The molecule has 0 atom stereocenters. The van der Waals surface area contributed by atoms with E-state index in [1.54, 1.807) is 19.1 Å². The summed E-state index contributed by atoms with van der Waals surface area (Å²) in [6.07, 6.45) is 1.49. The van der Waals surface area contributed by atoms with E-state index in [1.807, 2.05) is 0 Å². The van der Waals surface area contributed by atoms with Gasteiger partial charge in [0.1, 0.15) is 22.6 Å². The van der Waals surface area contributed by atoms with Crippen molar-refractivity contribution in [3.8, 4) is 11.1 Å². The zero-order valence-electron chi connectivity index (χ0n) is 17.4. The summed E-state index contributed by atoms with van der Waals surface area (Å²) >= 11 is 12.2. The second-order valence-corrected chi connectivity index (χ2v) is 8.02. The number of aromatic nitrogens is 2. The smallest absolute Gasteiger partial charge is 0.308 e. The van der Waals surface area contributed by atoms with Crippen molar-refractivity contribution in [2.45, 2.75) is 13.5 Å². The lowest BCUT2D eigenvalue weighted by atomic mass is 10.0. The lowest BCUT2D eigenvalue weighted by Gasteiger charge is -2.14. The van der Waals surface area contributed by atoms with E-state index in [9.17, 15) is 22.8 Å². The fraction of sp³-hybridized carbons (Fsp3) is 0.0870. The summed E-state index contributed by atoms with van der Waals surface area (Å²) in [6.45, 7) is 2.10. The normalized spacial score (nSPS) is 11.0. The van der Waals surface area contributed by atoms with Gasteiger partial charge in [-0.2, -0.15) is 0 Å². The van der Waals surface area contributed by atoms with Crippen LogP contribution in [0.5, 0.6) is 0 Å². The molecular formula is C23H15Cl2F3N4O2. The van der Waals surface area contributed by atoms with Gasteiger partial charge in [-0.1, -0.05) is 23.2 Å². The lowest BCUT2D eigenvalue weighted by molar-refractivity contribution is 0.262. The van der Waals surface area contributed by atoms with Crippen molar-refractivity contribution < 1.29 is 18.0 Å². The van der Waals surface area contributed by atoms with Gasteiger partial charge in [0.15, 0.2) is 0 Å². The molecule has 2 N–H and O–H groups in total. The van der Waals surface area contributed by atoms with Gasteiger partial charge in [0.25, 0.3) is 5.56 Å². The van der Waals surface area contributed by atoms with Crippen LogP contribution in [0.1, 0.15) is 6.92 Å². The van der Waals surface area contributed by atoms with Gasteiger partial charge in [0.05, 0.1) is 16.2 Å². The molecule has 2 amide bonds. The van der Waals surface area contributed by atoms with E-state index in [2.05, 4.69) is 15.6 Å². The van der Waals surface area contributed by atoms with E-state index in [0.717, 1.165) is 18.2 Å². The Morgan fingerprint density at radius 3 is 2.35 bits per heavy atom. The number of carbonyl (C=O) groups is 1. The number of pyridine rings is 2. The summed E-state index contributed by atoms with van der Waals surface area (Å²) in [4.78, 5) is 29.5. The maximum atomic E-state index is 14.6. The summed E-state index contributed by atoms with van der Waals surface area (Å²) in [5.41, 5.74) is 0.00552. The third-order valence-electron chi connectivity index (χ3n) is 4.98. The van der Waals surface area contributed by atoms with E-state index < -0.39 is 29.0 Å². The Morgan fingerprint density at radius 2 is 1.68 bits per heavy atom. The molecule has 0 unspecified atom stereocenters. The molecular weight excluding hydrogens is 492 g/mol. The Morgan fingerprint density at radius 1 is 0.971 bits per heavy atom. The molecule has 0 saturated carbocycles. The molecule has 11 heteroatoms. The molecule has 4 rings (SSSR count). The maximum Gasteiger partial charge on any atom is 0.323 e. The number of anilines is 2. The molecule has 0 spiro atoms. The molecule has 0 radical (unpaired) electrons. The average Bonchev–Trinajstić information content (AvgIpc) is 2.75. The van der Waals surface area contributed by atoms with Gasteiger partial charge in [0.2, 0.25) is 0 Å². The predicted molar refractivity (Wildman–Crippen MR) is 126 cm³/mol. The maximum absolute atomic E-state index is 14.6. The van der Waals surface area contributed by atoms with Gasteiger partial charge in [-0.25, -0.2) is 22.9 Å². The minimum Gasteiger partial charge on any atom is -0.308 e. The molecule has 2 heterocycles. The second kappa shape index (κ2) is 9.36. The monoisotopic (exact) mass is 506 g/mol. The van der Waals surface area contributed by atoms with Crippen molar-refractivity contribution >= 4 is 51.5 Å². The molecule has 2 aromatic carbocycles. The molecule has 0 aliphatic rings. The third-order valence-corrected chi connectivity index (χ3v) is 5.50. The van der Waals surface area contributed by atoms with Crippen molar-refractivity contribution in [1.29, 1.82) is 0 Å². The Kier molecular flexibility index (Phi) is 6.49. The van der Waals surface area contributed by atoms with E-state index in [-0.39, 0.29) is 32.7 Å². The summed E-state index contributed by atoms with van der Waals surface area (Å²) < 4.78 is 42.7. The van der Waals surface area contributed by atoms with Crippen LogP contribution in [0.2, 0.25) is 10.2 Å². The summed E-state index contributed by atoms with van der Waals surface area (Å²) in [5, 5.41) is 5.24. The number of nitrogens with zero attached hydrogens (tertiary/aromatic N) is 2. The first-order valence-electron chi connectivity index (χ1n) is 9.89. The number of rotatable bonds is 4. The van der Waals surface area contributed by atoms with Crippen molar-refractivity contribution in [2.75, 3.05) is 10.6 Å². The Balaban J connectivity index is 1.74. The van der Waals surface area contributed by atoms with Crippen LogP contribution in [-0.4, -0.2) is 15.6 Å². The highest BCUT2D eigenvalue weighted by atomic mass is 35.5. The Hall–Kier alpha value is -3.56. The highest BCUT2D eigenvalue weighted by Crippen LogP contribution is 2.32. The molecule has 0 fully saturated rings. The molecule has 34 heavy (non-hydrogen) atoms. The van der Waals surface area contributed by atoms with Gasteiger partial charge in [-0.3, -0.25) is 4.79 Å². The van der Waals surface area contributed by atoms with Crippen molar-refractivity contribution in [2.24, 2.45) is 0 Å².